The molecule has 0 radical (unpaired) electrons. The Kier molecular flexibility index (Phi) is 3.21. The molecule has 2 atom stereocenters. The first-order valence-electron chi connectivity index (χ1n) is 5.20. The van der Waals surface area contributed by atoms with E-state index in [0.29, 0.717) is 6.61 Å². The molecule has 1 amide bonds. The van der Waals surface area contributed by atoms with Gasteiger partial charge in [0.15, 0.2) is 12.5 Å². The summed E-state index contributed by atoms with van der Waals surface area (Å²) in [6.07, 6.45) is 0.727. The van der Waals surface area contributed by atoms with Gasteiger partial charge in [-0.25, -0.2) is 4.79 Å². The fourth-order valence-electron chi connectivity index (χ4n) is 1.55. The predicted octanol–water partition coefficient (Wildman–Crippen LogP) is 0.0931. The molecule has 0 aromatic carbocycles. The SMILES string of the molecule is CC(=O)Nc1ccn(C2COC(C)O2)c(=O)n1. The van der Waals surface area contributed by atoms with Gasteiger partial charge in [-0.2, -0.15) is 4.98 Å². The van der Waals surface area contributed by atoms with Gasteiger partial charge in [-0.15, -0.1) is 0 Å². The Morgan fingerprint density at radius 2 is 2.41 bits per heavy atom. The van der Waals surface area contributed by atoms with Gasteiger partial charge < -0.3 is 14.8 Å². The van der Waals surface area contributed by atoms with E-state index in [2.05, 4.69) is 10.3 Å². The van der Waals surface area contributed by atoms with Gasteiger partial charge in [-0.3, -0.25) is 9.36 Å². The molecular weight excluding hydrogens is 226 g/mol. The zero-order valence-corrected chi connectivity index (χ0v) is 9.54. The molecule has 2 unspecified atom stereocenters. The van der Waals surface area contributed by atoms with E-state index in [9.17, 15) is 9.59 Å². The fraction of sp³-hybridized carbons (Fsp3) is 0.500. The Labute approximate surface area is 97.4 Å². The van der Waals surface area contributed by atoms with Crippen molar-refractivity contribution in [2.45, 2.75) is 26.4 Å². The minimum Gasteiger partial charge on any atom is -0.348 e. The number of carbonyl (C=O) groups is 1. The third-order valence-electron chi connectivity index (χ3n) is 2.27. The molecule has 1 aliphatic heterocycles. The van der Waals surface area contributed by atoms with Crippen LogP contribution in [0, 0.1) is 0 Å². The zero-order chi connectivity index (χ0) is 12.4. The third kappa shape index (κ3) is 2.69. The third-order valence-corrected chi connectivity index (χ3v) is 2.27. The first-order chi connectivity index (χ1) is 8.06. The van der Waals surface area contributed by atoms with Crippen molar-refractivity contribution < 1.29 is 14.3 Å². The highest BCUT2D eigenvalue weighted by atomic mass is 16.7. The highest BCUT2D eigenvalue weighted by Crippen LogP contribution is 2.18. The topological polar surface area (TPSA) is 82.5 Å². The van der Waals surface area contributed by atoms with E-state index in [-0.39, 0.29) is 18.0 Å². The molecule has 2 rings (SSSR count). The molecule has 7 nitrogen and oxygen atoms in total. The number of ether oxygens (including phenoxy) is 2. The van der Waals surface area contributed by atoms with Crippen molar-refractivity contribution in [3.05, 3.63) is 22.7 Å². The van der Waals surface area contributed by atoms with Gasteiger partial charge in [0.1, 0.15) is 5.82 Å². The Hall–Kier alpha value is -1.73. The first kappa shape index (κ1) is 11.7. The molecule has 0 saturated carbocycles. The summed E-state index contributed by atoms with van der Waals surface area (Å²) in [7, 11) is 0. The van der Waals surface area contributed by atoms with E-state index in [1.165, 1.54) is 23.8 Å². The number of amides is 1. The molecule has 0 bridgehead atoms. The molecule has 0 aliphatic carbocycles. The number of nitrogens with one attached hydrogen (secondary N) is 1. The van der Waals surface area contributed by atoms with Gasteiger partial charge in [0, 0.05) is 13.1 Å². The highest BCUT2D eigenvalue weighted by Gasteiger charge is 2.24. The van der Waals surface area contributed by atoms with Gasteiger partial charge in [-0.05, 0) is 13.0 Å². The van der Waals surface area contributed by atoms with Gasteiger partial charge in [-0.1, -0.05) is 0 Å². The van der Waals surface area contributed by atoms with Crippen molar-refractivity contribution in [1.82, 2.24) is 9.55 Å². The standard InChI is InChI=1S/C10H13N3O4/c1-6(14)11-8-3-4-13(10(15)12-8)9-5-16-7(2)17-9/h3-4,7,9H,5H2,1-2H3,(H,11,12,14,15). The molecule has 1 aromatic rings. The van der Waals surface area contributed by atoms with Crippen molar-refractivity contribution in [3.63, 3.8) is 0 Å². The number of hydrogen-bond acceptors (Lipinski definition) is 5. The quantitative estimate of drug-likeness (QED) is 0.791. The maximum Gasteiger partial charge on any atom is 0.351 e. The van der Waals surface area contributed by atoms with Crippen LogP contribution in [-0.2, 0) is 14.3 Å². The number of rotatable bonds is 2. The summed E-state index contributed by atoms with van der Waals surface area (Å²) in [5, 5.41) is 2.44. The van der Waals surface area contributed by atoms with E-state index in [4.69, 9.17) is 9.47 Å². The van der Waals surface area contributed by atoms with E-state index in [1.807, 2.05) is 0 Å². The van der Waals surface area contributed by atoms with Crippen molar-refractivity contribution in [1.29, 1.82) is 0 Å². The molecular formula is C10H13N3O4. The van der Waals surface area contributed by atoms with Crippen LogP contribution in [0.1, 0.15) is 20.1 Å². The largest absolute Gasteiger partial charge is 0.351 e. The number of aromatic nitrogens is 2. The molecule has 2 heterocycles. The Bertz CT molecular complexity index is 485. The van der Waals surface area contributed by atoms with Crippen LogP contribution in [0.25, 0.3) is 0 Å². The molecule has 0 spiro atoms. The second-order valence-electron chi connectivity index (χ2n) is 3.68. The molecule has 17 heavy (non-hydrogen) atoms. The molecule has 1 aromatic heterocycles. The Balaban J connectivity index is 2.20. The molecule has 92 valence electrons. The summed E-state index contributed by atoms with van der Waals surface area (Å²) in [6.45, 7) is 3.41. The summed E-state index contributed by atoms with van der Waals surface area (Å²) in [5.74, 6) is -0.0468. The predicted molar refractivity (Wildman–Crippen MR) is 58.3 cm³/mol. The second-order valence-corrected chi connectivity index (χ2v) is 3.68. The maximum atomic E-state index is 11.7. The zero-order valence-electron chi connectivity index (χ0n) is 9.54. The van der Waals surface area contributed by atoms with Crippen molar-refractivity contribution in [2.24, 2.45) is 0 Å². The van der Waals surface area contributed by atoms with E-state index < -0.39 is 11.9 Å². The normalized spacial score (nSPS) is 23.6. The van der Waals surface area contributed by atoms with Crippen LogP contribution in [0.4, 0.5) is 5.82 Å². The minimum atomic E-state index is -0.487. The van der Waals surface area contributed by atoms with Crippen molar-refractivity contribution in [3.8, 4) is 0 Å². The van der Waals surface area contributed by atoms with Crippen LogP contribution < -0.4 is 11.0 Å². The summed E-state index contributed by atoms with van der Waals surface area (Å²) in [5.41, 5.74) is -0.487. The summed E-state index contributed by atoms with van der Waals surface area (Å²) >= 11 is 0. The lowest BCUT2D eigenvalue weighted by molar-refractivity contribution is -0.114. The number of hydrogen-bond donors (Lipinski definition) is 1. The second kappa shape index (κ2) is 4.64. The van der Waals surface area contributed by atoms with Gasteiger partial charge in [0.25, 0.3) is 0 Å². The smallest absolute Gasteiger partial charge is 0.348 e. The maximum absolute atomic E-state index is 11.7. The van der Waals surface area contributed by atoms with Crippen LogP contribution in [0.5, 0.6) is 0 Å². The van der Waals surface area contributed by atoms with Gasteiger partial charge in [0.2, 0.25) is 5.91 Å². The van der Waals surface area contributed by atoms with Crippen LogP contribution in [0.2, 0.25) is 0 Å². The van der Waals surface area contributed by atoms with Crippen LogP contribution in [-0.4, -0.2) is 28.4 Å². The minimum absolute atomic E-state index is 0.228. The van der Waals surface area contributed by atoms with Crippen LogP contribution in [0.15, 0.2) is 17.1 Å². The Morgan fingerprint density at radius 3 is 2.94 bits per heavy atom. The lowest BCUT2D eigenvalue weighted by Gasteiger charge is -2.11. The average Bonchev–Trinajstić information content (AvgIpc) is 2.64. The van der Waals surface area contributed by atoms with Crippen molar-refractivity contribution >= 4 is 11.7 Å². The summed E-state index contributed by atoms with van der Waals surface area (Å²) in [6, 6.07) is 1.54. The number of carbonyl (C=O) groups excluding carboxylic acids is 1. The lowest BCUT2D eigenvalue weighted by atomic mass is 10.5. The number of nitrogens with zero attached hydrogens (tertiary/aromatic N) is 2. The molecule has 7 heteroatoms. The van der Waals surface area contributed by atoms with Crippen LogP contribution in [0.3, 0.4) is 0 Å². The highest BCUT2D eigenvalue weighted by molar-refractivity contribution is 5.87. The summed E-state index contributed by atoms with van der Waals surface area (Å²) in [4.78, 5) is 26.2. The molecule has 1 saturated heterocycles. The number of anilines is 1. The van der Waals surface area contributed by atoms with Gasteiger partial charge >= 0.3 is 5.69 Å². The van der Waals surface area contributed by atoms with E-state index in [1.54, 1.807) is 6.92 Å². The van der Waals surface area contributed by atoms with Crippen molar-refractivity contribution in [2.75, 3.05) is 11.9 Å². The monoisotopic (exact) mass is 239 g/mol. The van der Waals surface area contributed by atoms with Crippen LogP contribution >= 0.6 is 0 Å². The summed E-state index contributed by atoms with van der Waals surface area (Å²) < 4.78 is 11.9. The van der Waals surface area contributed by atoms with E-state index in [0.717, 1.165) is 0 Å². The van der Waals surface area contributed by atoms with E-state index >= 15 is 0 Å². The Morgan fingerprint density at radius 1 is 1.65 bits per heavy atom. The van der Waals surface area contributed by atoms with Gasteiger partial charge in [0.05, 0.1) is 6.61 Å². The first-order valence-corrected chi connectivity index (χ1v) is 5.20. The lowest BCUT2D eigenvalue weighted by Crippen LogP contribution is -2.28. The molecule has 1 aliphatic rings. The molecule has 1 N–H and O–H groups in total. The fourth-order valence-corrected chi connectivity index (χ4v) is 1.55. The average molecular weight is 239 g/mol. The molecule has 1 fully saturated rings.